The summed E-state index contributed by atoms with van der Waals surface area (Å²) in [4.78, 5) is 12.3. The van der Waals surface area contributed by atoms with Gasteiger partial charge >= 0.3 is 6.18 Å². The molecule has 30 heavy (non-hydrogen) atoms. The summed E-state index contributed by atoms with van der Waals surface area (Å²) in [6.07, 6.45) is -1.43. The fourth-order valence-corrected chi connectivity index (χ4v) is 3.19. The molecule has 0 saturated carbocycles. The van der Waals surface area contributed by atoms with E-state index in [1.165, 1.54) is 12.1 Å². The highest BCUT2D eigenvalue weighted by molar-refractivity contribution is 6.32. The second kappa shape index (κ2) is 8.75. The number of benzene rings is 2. The van der Waals surface area contributed by atoms with E-state index in [-0.39, 0.29) is 12.5 Å². The van der Waals surface area contributed by atoms with Crippen LogP contribution in [0.25, 0.3) is 6.08 Å². The van der Waals surface area contributed by atoms with Gasteiger partial charge in [0.15, 0.2) is 0 Å². The van der Waals surface area contributed by atoms with Gasteiger partial charge in [-0.1, -0.05) is 41.9 Å². The molecule has 4 nitrogen and oxygen atoms in total. The standard InChI is InChI=1S/C22H19ClF3N3O/c1-14-21(27-20(30)11-10-17-7-3-4-9-19(17)23)15(2)29(28-14)13-16-6-5-8-18(12-16)22(24,25)26/h3-12H,13H2,1-2H3,(H,27,30)/b11-10+. The van der Waals surface area contributed by atoms with Crippen molar-refractivity contribution >= 4 is 29.3 Å². The molecule has 0 spiro atoms. The third-order valence-electron chi connectivity index (χ3n) is 4.54. The van der Waals surface area contributed by atoms with Crippen molar-refractivity contribution in [3.8, 4) is 0 Å². The SMILES string of the molecule is Cc1nn(Cc2cccc(C(F)(F)F)c2)c(C)c1NC(=O)/C=C/c1ccccc1Cl. The van der Waals surface area contributed by atoms with Gasteiger partial charge in [-0.2, -0.15) is 18.3 Å². The molecular weight excluding hydrogens is 415 g/mol. The predicted octanol–water partition coefficient (Wildman–Crippen LogP) is 5.87. The van der Waals surface area contributed by atoms with E-state index in [0.29, 0.717) is 33.2 Å². The molecule has 156 valence electrons. The maximum atomic E-state index is 12.9. The number of hydrogen-bond donors (Lipinski definition) is 1. The Morgan fingerprint density at radius 2 is 1.90 bits per heavy atom. The number of anilines is 1. The first kappa shape index (κ1) is 21.6. The zero-order valence-corrected chi connectivity index (χ0v) is 17.1. The van der Waals surface area contributed by atoms with Crippen molar-refractivity contribution in [3.05, 3.63) is 87.7 Å². The molecule has 3 aromatic rings. The fraction of sp³-hybridized carbons (Fsp3) is 0.182. The highest BCUT2D eigenvalue weighted by Crippen LogP contribution is 2.30. The lowest BCUT2D eigenvalue weighted by molar-refractivity contribution is -0.137. The Morgan fingerprint density at radius 1 is 1.17 bits per heavy atom. The summed E-state index contributed by atoms with van der Waals surface area (Å²) in [6, 6.07) is 12.2. The molecule has 1 aromatic heterocycles. The summed E-state index contributed by atoms with van der Waals surface area (Å²) in [7, 11) is 0. The molecule has 0 aliphatic rings. The minimum atomic E-state index is -4.40. The highest BCUT2D eigenvalue weighted by atomic mass is 35.5. The normalized spacial score (nSPS) is 11.8. The van der Waals surface area contributed by atoms with E-state index in [0.717, 1.165) is 12.1 Å². The molecule has 0 aliphatic heterocycles. The number of alkyl halides is 3. The monoisotopic (exact) mass is 433 g/mol. The van der Waals surface area contributed by atoms with Gasteiger partial charge in [0.1, 0.15) is 0 Å². The van der Waals surface area contributed by atoms with Gasteiger partial charge in [-0.3, -0.25) is 9.48 Å². The molecule has 0 atom stereocenters. The Morgan fingerprint density at radius 3 is 2.60 bits per heavy atom. The van der Waals surface area contributed by atoms with Crippen molar-refractivity contribution in [2.75, 3.05) is 5.32 Å². The third-order valence-corrected chi connectivity index (χ3v) is 4.88. The molecule has 0 unspecified atom stereocenters. The Labute approximate surface area is 177 Å². The van der Waals surface area contributed by atoms with Crippen LogP contribution in [0.3, 0.4) is 0 Å². The molecule has 1 amide bonds. The van der Waals surface area contributed by atoms with Gasteiger partial charge in [0.25, 0.3) is 0 Å². The van der Waals surface area contributed by atoms with E-state index in [4.69, 9.17) is 11.6 Å². The Kier molecular flexibility index (Phi) is 6.31. The van der Waals surface area contributed by atoms with E-state index in [9.17, 15) is 18.0 Å². The molecule has 0 saturated heterocycles. The lowest BCUT2D eigenvalue weighted by atomic mass is 10.1. The van der Waals surface area contributed by atoms with Crippen LogP contribution in [0.5, 0.6) is 0 Å². The minimum Gasteiger partial charge on any atom is -0.319 e. The van der Waals surface area contributed by atoms with Crippen molar-refractivity contribution in [3.63, 3.8) is 0 Å². The molecule has 0 radical (unpaired) electrons. The molecule has 1 N–H and O–H groups in total. The fourth-order valence-electron chi connectivity index (χ4n) is 2.99. The summed E-state index contributed by atoms with van der Waals surface area (Å²) in [5, 5.41) is 7.67. The quantitative estimate of drug-likeness (QED) is 0.511. The molecule has 3 rings (SSSR count). The van der Waals surface area contributed by atoms with Crippen LogP contribution in [0.2, 0.25) is 5.02 Å². The van der Waals surface area contributed by atoms with Crippen molar-refractivity contribution in [1.82, 2.24) is 9.78 Å². The number of aromatic nitrogens is 2. The van der Waals surface area contributed by atoms with E-state index >= 15 is 0 Å². The maximum Gasteiger partial charge on any atom is 0.416 e. The summed E-state index contributed by atoms with van der Waals surface area (Å²) in [6.45, 7) is 3.63. The number of aryl methyl sites for hydroxylation is 1. The summed E-state index contributed by atoms with van der Waals surface area (Å²) in [5.41, 5.74) is 2.20. The molecule has 1 heterocycles. The third kappa shape index (κ3) is 5.10. The van der Waals surface area contributed by atoms with Crippen LogP contribution >= 0.6 is 11.6 Å². The summed E-state index contributed by atoms with van der Waals surface area (Å²) in [5.74, 6) is -0.361. The van der Waals surface area contributed by atoms with Gasteiger partial charge in [-0.15, -0.1) is 0 Å². The number of hydrogen-bond acceptors (Lipinski definition) is 2. The molecule has 0 fully saturated rings. The lowest BCUT2D eigenvalue weighted by Gasteiger charge is -2.10. The van der Waals surface area contributed by atoms with Crippen LogP contribution in [-0.2, 0) is 17.5 Å². The van der Waals surface area contributed by atoms with Crippen LogP contribution in [0.4, 0.5) is 18.9 Å². The van der Waals surface area contributed by atoms with E-state index in [2.05, 4.69) is 10.4 Å². The Hall–Kier alpha value is -3.06. The van der Waals surface area contributed by atoms with Gasteiger partial charge in [-0.05, 0) is 49.2 Å². The Bertz CT molecular complexity index is 1100. The average Bonchev–Trinajstić information content (AvgIpc) is 2.94. The first-order valence-electron chi connectivity index (χ1n) is 9.09. The first-order chi connectivity index (χ1) is 14.1. The van der Waals surface area contributed by atoms with Crippen molar-refractivity contribution in [2.45, 2.75) is 26.6 Å². The van der Waals surface area contributed by atoms with Crippen LogP contribution in [0.1, 0.15) is 28.1 Å². The van der Waals surface area contributed by atoms with Gasteiger partial charge < -0.3 is 5.32 Å². The molecule has 2 aromatic carbocycles. The van der Waals surface area contributed by atoms with Crippen molar-refractivity contribution < 1.29 is 18.0 Å². The zero-order valence-electron chi connectivity index (χ0n) is 16.3. The van der Waals surface area contributed by atoms with Crippen molar-refractivity contribution in [2.24, 2.45) is 0 Å². The Balaban J connectivity index is 1.76. The predicted molar refractivity (Wildman–Crippen MR) is 111 cm³/mol. The lowest BCUT2D eigenvalue weighted by Crippen LogP contribution is -2.10. The van der Waals surface area contributed by atoms with Crippen molar-refractivity contribution in [1.29, 1.82) is 0 Å². The highest BCUT2D eigenvalue weighted by Gasteiger charge is 2.30. The number of nitrogens with one attached hydrogen (secondary N) is 1. The maximum absolute atomic E-state index is 12.9. The molecule has 0 aliphatic carbocycles. The summed E-state index contributed by atoms with van der Waals surface area (Å²) >= 11 is 6.07. The smallest absolute Gasteiger partial charge is 0.319 e. The van der Waals surface area contributed by atoms with Crippen LogP contribution in [0, 0.1) is 13.8 Å². The van der Waals surface area contributed by atoms with E-state index in [1.807, 2.05) is 6.07 Å². The van der Waals surface area contributed by atoms with E-state index in [1.54, 1.807) is 48.9 Å². The first-order valence-corrected chi connectivity index (χ1v) is 9.46. The molecule has 8 heteroatoms. The molecular formula is C22H19ClF3N3O. The number of amides is 1. The number of nitrogens with zero attached hydrogens (tertiary/aromatic N) is 2. The average molecular weight is 434 g/mol. The second-order valence-corrected chi connectivity index (χ2v) is 7.15. The number of carbonyl (C=O) groups is 1. The van der Waals surface area contributed by atoms with Gasteiger partial charge in [0.2, 0.25) is 5.91 Å². The number of carbonyl (C=O) groups excluding carboxylic acids is 1. The zero-order chi connectivity index (χ0) is 21.9. The molecule has 0 bridgehead atoms. The van der Waals surface area contributed by atoms with Gasteiger partial charge in [0, 0.05) is 11.1 Å². The number of halogens is 4. The van der Waals surface area contributed by atoms with Crippen LogP contribution in [0.15, 0.2) is 54.6 Å². The summed E-state index contributed by atoms with van der Waals surface area (Å²) < 4.78 is 40.4. The van der Waals surface area contributed by atoms with Gasteiger partial charge in [-0.25, -0.2) is 0 Å². The van der Waals surface area contributed by atoms with Crippen LogP contribution in [-0.4, -0.2) is 15.7 Å². The van der Waals surface area contributed by atoms with E-state index < -0.39 is 11.7 Å². The minimum absolute atomic E-state index is 0.155. The van der Waals surface area contributed by atoms with Crippen LogP contribution < -0.4 is 5.32 Å². The second-order valence-electron chi connectivity index (χ2n) is 6.75. The largest absolute Gasteiger partial charge is 0.416 e. The van der Waals surface area contributed by atoms with Gasteiger partial charge in [0.05, 0.1) is 29.2 Å². The number of rotatable bonds is 5. The topological polar surface area (TPSA) is 46.9 Å².